The summed E-state index contributed by atoms with van der Waals surface area (Å²) in [6, 6.07) is 6.45. The summed E-state index contributed by atoms with van der Waals surface area (Å²) in [7, 11) is 0. The zero-order valence-corrected chi connectivity index (χ0v) is 14.7. The van der Waals surface area contributed by atoms with Gasteiger partial charge in [0.1, 0.15) is 6.04 Å². The summed E-state index contributed by atoms with van der Waals surface area (Å²) < 4.78 is 0. The maximum Gasteiger partial charge on any atom is 0.321 e. The van der Waals surface area contributed by atoms with E-state index in [1.807, 2.05) is 0 Å². The number of carbonyl (C=O) groups is 1. The average Bonchev–Trinajstić information content (AvgIpc) is 2.61. The van der Waals surface area contributed by atoms with E-state index in [1.165, 1.54) is 29.5 Å². The van der Waals surface area contributed by atoms with Crippen LogP contribution in [0.3, 0.4) is 0 Å². The second-order valence-electron chi connectivity index (χ2n) is 7.28. The van der Waals surface area contributed by atoms with Crippen molar-refractivity contribution in [1.82, 2.24) is 10.6 Å². The molecule has 0 aliphatic carbocycles. The molecule has 0 spiro atoms. The number of hydrogen-bond donors (Lipinski definition) is 3. The third-order valence-corrected chi connectivity index (χ3v) is 5.72. The summed E-state index contributed by atoms with van der Waals surface area (Å²) in [6.07, 6.45) is 6.60. The summed E-state index contributed by atoms with van der Waals surface area (Å²) in [5.74, 6) is -0.129. The van der Waals surface area contributed by atoms with Crippen LogP contribution < -0.4 is 10.6 Å². The Hall–Kier alpha value is -1.39. The lowest BCUT2D eigenvalue weighted by atomic mass is 9.73. The lowest BCUT2D eigenvalue weighted by molar-refractivity contribution is -0.142. The predicted octanol–water partition coefficient (Wildman–Crippen LogP) is 3.06. The van der Waals surface area contributed by atoms with Gasteiger partial charge in [-0.2, -0.15) is 0 Å². The van der Waals surface area contributed by atoms with Gasteiger partial charge in [-0.05, 0) is 60.9 Å². The number of benzene rings is 1. The third kappa shape index (κ3) is 3.81. The first-order chi connectivity index (χ1) is 11.7. The number of piperidine rings is 1. The normalized spacial score (nSPS) is 26.8. The minimum Gasteiger partial charge on any atom is -0.480 e. The van der Waals surface area contributed by atoms with Gasteiger partial charge in [0, 0.05) is 6.54 Å². The Balaban J connectivity index is 1.83. The molecule has 3 unspecified atom stereocenters. The molecule has 3 rings (SSSR count). The summed E-state index contributed by atoms with van der Waals surface area (Å²) in [4.78, 5) is 11.7. The molecule has 1 aromatic carbocycles. The number of unbranched alkanes of at least 4 members (excludes halogenated alkanes) is 2. The largest absolute Gasteiger partial charge is 0.480 e. The van der Waals surface area contributed by atoms with Crippen LogP contribution in [0.2, 0.25) is 0 Å². The number of aliphatic carboxylic acids is 1. The van der Waals surface area contributed by atoms with E-state index in [2.05, 4.69) is 35.8 Å². The topological polar surface area (TPSA) is 61.4 Å². The van der Waals surface area contributed by atoms with E-state index in [9.17, 15) is 9.90 Å². The molecule has 4 nitrogen and oxygen atoms in total. The van der Waals surface area contributed by atoms with Crippen LogP contribution in [0.1, 0.15) is 61.6 Å². The van der Waals surface area contributed by atoms with Crippen LogP contribution in [0.4, 0.5) is 0 Å². The molecule has 0 aromatic heterocycles. The minimum atomic E-state index is -0.691. The highest BCUT2D eigenvalue weighted by atomic mass is 16.4. The van der Waals surface area contributed by atoms with Gasteiger partial charge >= 0.3 is 5.97 Å². The van der Waals surface area contributed by atoms with Gasteiger partial charge < -0.3 is 15.7 Å². The van der Waals surface area contributed by atoms with Crippen LogP contribution >= 0.6 is 0 Å². The molecular formula is C20H30N2O2. The van der Waals surface area contributed by atoms with E-state index in [-0.39, 0.29) is 5.92 Å². The van der Waals surface area contributed by atoms with Gasteiger partial charge in [-0.3, -0.25) is 4.79 Å². The van der Waals surface area contributed by atoms with Gasteiger partial charge in [0.15, 0.2) is 0 Å². The molecular weight excluding hydrogens is 300 g/mol. The maximum atomic E-state index is 11.7. The van der Waals surface area contributed by atoms with Crippen LogP contribution in [0, 0.1) is 5.92 Å². The summed E-state index contributed by atoms with van der Waals surface area (Å²) in [5.41, 5.74) is 4.20. The van der Waals surface area contributed by atoms with Crippen molar-refractivity contribution in [3.63, 3.8) is 0 Å². The molecule has 1 aromatic rings. The third-order valence-electron chi connectivity index (χ3n) is 5.72. The Kier molecular flexibility index (Phi) is 5.90. The van der Waals surface area contributed by atoms with E-state index in [1.54, 1.807) is 0 Å². The standard InChI is InChI=1S/C20H30N2O2/c1-2-3-4-5-18-17(9-11-22-19(18)20(23)24)15-6-7-16-13-21-10-8-14(16)12-15/h6-7,12,17-19,21-22H,2-5,8-11,13H2,1H3,(H,23,24). The fourth-order valence-electron chi connectivity index (χ4n) is 4.40. The zero-order chi connectivity index (χ0) is 16.9. The van der Waals surface area contributed by atoms with Crippen molar-refractivity contribution in [3.8, 4) is 0 Å². The molecule has 0 bridgehead atoms. The number of rotatable bonds is 6. The Morgan fingerprint density at radius 1 is 1.25 bits per heavy atom. The van der Waals surface area contributed by atoms with E-state index in [4.69, 9.17) is 0 Å². The molecule has 0 radical (unpaired) electrons. The fraction of sp³-hybridized carbons (Fsp3) is 0.650. The highest BCUT2D eigenvalue weighted by Gasteiger charge is 2.37. The average molecular weight is 330 g/mol. The monoisotopic (exact) mass is 330 g/mol. The first-order valence-electron chi connectivity index (χ1n) is 9.49. The summed E-state index contributed by atoms with van der Waals surface area (Å²) in [6.45, 7) is 4.99. The van der Waals surface area contributed by atoms with E-state index in [0.717, 1.165) is 45.3 Å². The molecule has 2 heterocycles. The number of fused-ring (bicyclic) bond motifs is 1. The van der Waals surface area contributed by atoms with Crippen LogP contribution in [-0.2, 0) is 17.8 Å². The Bertz CT molecular complexity index is 573. The minimum absolute atomic E-state index is 0.197. The SMILES string of the molecule is CCCCCC1C(C(=O)O)NCCC1c1ccc2c(c1)CCNC2. The van der Waals surface area contributed by atoms with Crippen LogP contribution in [0.25, 0.3) is 0 Å². The van der Waals surface area contributed by atoms with Gasteiger partial charge in [-0.1, -0.05) is 44.4 Å². The molecule has 132 valence electrons. The van der Waals surface area contributed by atoms with Crippen molar-refractivity contribution in [2.24, 2.45) is 5.92 Å². The molecule has 4 heteroatoms. The second kappa shape index (κ2) is 8.13. The molecule has 0 amide bonds. The van der Waals surface area contributed by atoms with Crippen molar-refractivity contribution >= 4 is 5.97 Å². The van der Waals surface area contributed by atoms with Gasteiger partial charge in [0.25, 0.3) is 0 Å². The highest BCUT2D eigenvalue weighted by molar-refractivity contribution is 5.74. The fourth-order valence-corrected chi connectivity index (χ4v) is 4.40. The smallest absolute Gasteiger partial charge is 0.321 e. The van der Waals surface area contributed by atoms with Crippen molar-refractivity contribution < 1.29 is 9.90 Å². The number of hydrogen-bond acceptors (Lipinski definition) is 3. The van der Waals surface area contributed by atoms with Gasteiger partial charge in [0.2, 0.25) is 0 Å². The van der Waals surface area contributed by atoms with Gasteiger partial charge in [-0.25, -0.2) is 0 Å². The Morgan fingerprint density at radius 2 is 2.12 bits per heavy atom. The van der Waals surface area contributed by atoms with Crippen molar-refractivity contribution in [3.05, 3.63) is 34.9 Å². The van der Waals surface area contributed by atoms with Gasteiger partial charge in [-0.15, -0.1) is 0 Å². The van der Waals surface area contributed by atoms with Crippen LogP contribution in [0.5, 0.6) is 0 Å². The van der Waals surface area contributed by atoms with E-state index < -0.39 is 12.0 Å². The van der Waals surface area contributed by atoms with Crippen molar-refractivity contribution in [1.29, 1.82) is 0 Å². The quantitative estimate of drug-likeness (QED) is 0.702. The molecule has 3 atom stereocenters. The lowest BCUT2D eigenvalue weighted by Crippen LogP contribution is -2.49. The zero-order valence-electron chi connectivity index (χ0n) is 14.7. The molecule has 24 heavy (non-hydrogen) atoms. The number of nitrogens with one attached hydrogen (secondary N) is 2. The first kappa shape index (κ1) is 17.4. The molecule has 3 N–H and O–H groups in total. The van der Waals surface area contributed by atoms with Crippen molar-refractivity contribution in [2.75, 3.05) is 13.1 Å². The predicted molar refractivity (Wildman–Crippen MR) is 96.3 cm³/mol. The van der Waals surface area contributed by atoms with Crippen LogP contribution in [0.15, 0.2) is 18.2 Å². The van der Waals surface area contributed by atoms with Crippen LogP contribution in [-0.4, -0.2) is 30.2 Å². The second-order valence-corrected chi connectivity index (χ2v) is 7.28. The van der Waals surface area contributed by atoms with Crippen molar-refractivity contribution in [2.45, 2.75) is 64.0 Å². The Labute approximate surface area is 145 Å². The highest BCUT2D eigenvalue weighted by Crippen LogP contribution is 2.37. The molecule has 1 fully saturated rings. The van der Waals surface area contributed by atoms with E-state index >= 15 is 0 Å². The molecule has 2 aliphatic heterocycles. The molecule has 1 saturated heterocycles. The van der Waals surface area contributed by atoms with Gasteiger partial charge in [0.05, 0.1) is 0 Å². The summed E-state index contributed by atoms with van der Waals surface area (Å²) >= 11 is 0. The summed E-state index contributed by atoms with van der Waals surface area (Å²) in [5, 5.41) is 16.3. The Morgan fingerprint density at radius 3 is 2.92 bits per heavy atom. The lowest BCUT2D eigenvalue weighted by Gasteiger charge is -2.38. The number of carboxylic acid groups (broad SMARTS) is 1. The first-order valence-corrected chi connectivity index (χ1v) is 9.49. The van der Waals surface area contributed by atoms with E-state index in [0.29, 0.717) is 5.92 Å². The molecule has 0 saturated carbocycles. The maximum absolute atomic E-state index is 11.7. The number of carboxylic acids is 1. The molecule has 2 aliphatic rings.